The molecular formula is C67H73Br2NO7. The molecule has 2 heterocycles. The molecule has 4 N–H and O–H groups in total. The van der Waals surface area contributed by atoms with Crippen LogP contribution in [-0.2, 0) is 40.7 Å². The maximum absolute atomic E-state index is 12.3. The molecule has 10 heteroatoms. The van der Waals surface area contributed by atoms with Crippen molar-refractivity contribution in [2.45, 2.75) is 61.0 Å². The molecule has 0 saturated carbocycles. The van der Waals surface area contributed by atoms with E-state index < -0.39 is 22.2 Å². The first kappa shape index (κ1) is 61.4. The van der Waals surface area contributed by atoms with Crippen LogP contribution in [0.1, 0.15) is 77.6 Å². The van der Waals surface area contributed by atoms with Crippen molar-refractivity contribution in [2.24, 2.45) is 0 Å². The van der Waals surface area contributed by atoms with Gasteiger partial charge in [0.15, 0.2) is 0 Å². The second-order valence-corrected chi connectivity index (χ2v) is 19.9. The van der Waals surface area contributed by atoms with Gasteiger partial charge < -0.3 is 46.7 Å². The van der Waals surface area contributed by atoms with Gasteiger partial charge in [0.1, 0.15) is 16.2 Å². The van der Waals surface area contributed by atoms with Crippen molar-refractivity contribution in [1.29, 1.82) is 0 Å². The zero-order valence-electron chi connectivity index (χ0n) is 43.3. The Morgan fingerprint density at radius 3 is 1.19 bits per heavy atom. The summed E-state index contributed by atoms with van der Waals surface area (Å²) in [6, 6.07) is 79.9. The minimum absolute atomic E-state index is 0. The lowest BCUT2D eigenvalue weighted by molar-refractivity contribution is -0.913. The summed E-state index contributed by atoms with van der Waals surface area (Å²) in [5.41, 5.74) is 6.26. The average molecular weight is 1160 g/mol. The van der Waals surface area contributed by atoms with Crippen LogP contribution in [0.2, 0.25) is 0 Å². The number of benzene rings is 8. The van der Waals surface area contributed by atoms with Gasteiger partial charge in [0.2, 0.25) is 6.23 Å². The van der Waals surface area contributed by atoms with E-state index in [1.165, 1.54) is 16.0 Å². The molecule has 2 aliphatic rings. The summed E-state index contributed by atoms with van der Waals surface area (Å²) < 4.78 is 11.3. The Hall–Kier alpha value is -6.50. The molecule has 2 aliphatic heterocycles. The Balaban J connectivity index is 0.000000188. The summed E-state index contributed by atoms with van der Waals surface area (Å²) in [4.78, 5) is 25.6. The molecule has 8 nitrogen and oxygen atoms in total. The predicted octanol–water partition coefficient (Wildman–Crippen LogP) is 8.61. The molecular weight excluding hydrogens is 1090 g/mol. The van der Waals surface area contributed by atoms with E-state index in [9.17, 15) is 24.9 Å². The molecule has 8 aromatic rings. The molecule has 0 spiro atoms. The number of alkyl halides is 1. The van der Waals surface area contributed by atoms with Crippen molar-refractivity contribution < 1.29 is 56.3 Å². The zero-order valence-corrected chi connectivity index (χ0v) is 46.4. The van der Waals surface area contributed by atoms with Crippen molar-refractivity contribution in [3.8, 4) is 0 Å². The molecule has 1 unspecified atom stereocenters. The van der Waals surface area contributed by atoms with Gasteiger partial charge in [-0.05, 0) is 63.8 Å². The van der Waals surface area contributed by atoms with Gasteiger partial charge >= 0.3 is 11.9 Å². The molecule has 402 valence electrons. The maximum atomic E-state index is 12.3. The highest BCUT2D eigenvalue weighted by Crippen LogP contribution is 2.43. The number of cyclic esters (lactones) is 1. The number of carbonyl (C=O) groups is 2. The number of quaternary nitrogens is 1. The van der Waals surface area contributed by atoms with Crippen LogP contribution in [0.3, 0.4) is 0 Å². The number of carbonyl (C=O) groups excluding carboxylic acids is 1. The van der Waals surface area contributed by atoms with Crippen molar-refractivity contribution in [2.75, 3.05) is 45.9 Å². The molecule has 77 heavy (non-hydrogen) atoms. The highest BCUT2D eigenvalue weighted by Gasteiger charge is 2.51. The Labute approximate surface area is 475 Å². The van der Waals surface area contributed by atoms with E-state index in [1.807, 2.05) is 182 Å². The van der Waals surface area contributed by atoms with Gasteiger partial charge in [0.25, 0.3) is 0 Å². The number of ether oxygens (including phenoxy) is 2. The number of esters is 1. The van der Waals surface area contributed by atoms with Crippen LogP contribution < -0.4 is 21.9 Å². The fourth-order valence-electron chi connectivity index (χ4n) is 11.0. The SMILES string of the molecule is C.C[NH+](C)C1OCCC1(c1ccccc1)c1ccccc1.O=C(O)C(CCBr)(c1ccccc1)c1ccccc1.O=C1OCCC1(c1ccccc1)c1ccccc1.OCCC(CO)(c1ccccc1)c1ccccc1.[Br-]. The van der Waals surface area contributed by atoms with Crippen LogP contribution in [0.25, 0.3) is 0 Å². The van der Waals surface area contributed by atoms with E-state index in [0.717, 1.165) is 46.4 Å². The molecule has 0 aromatic heterocycles. The van der Waals surface area contributed by atoms with Crippen LogP contribution in [0.5, 0.6) is 0 Å². The lowest BCUT2D eigenvalue weighted by Gasteiger charge is -2.35. The Kier molecular flexibility index (Phi) is 23.8. The van der Waals surface area contributed by atoms with Crippen LogP contribution in [0, 0.1) is 0 Å². The summed E-state index contributed by atoms with van der Waals surface area (Å²) in [5, 5.41) is 29.7. The molecule has 2 fully saturated rings. The standard InChI is InChI=1S/C18H21NO.C16H15BrO2.C16H14O2.C16H18O2.CH4.BrH/c1-19(2)17-18(13-14-20-17,15-9-5-3-6-10-15)16-11-7-4-8-12-16;17-12-11-16(15(18)19,13-7-3-1-4-8-13)14-9-5-2-6-10-14;17-15-16(11-12-18-15,13-7-3-1-4-8-13)14-9-5-2-6-10-14;17-12-11-16(13-18,14-7-3-1-4-8-14)15-9-5-2-6-10-15;;/h3-12,17H,13-14H2,1-2H3;1-10H,11-12H2,(H,18,19);1-10H,11-12H2;1-10,17-18H,11-13H2;1H4;1H. The van der Waals surface area contributed by atoms with E-state index in [1.54, 1.807) is 0 Å². The maximum Gasteiger partial charge on any atom is 0.321 e. The summed E-state index contributed by atoms with van der Waals surface area (Å²) in [7, 11) is 4.35. The molecule has 2 saturated heterocycles. The number of carboxylic acid groups (broad SMARTS) is 1. The summed E-state index contributed by atoms with van der Waals surface area (Å²) >= 11 is 3.38. The van der Waals surface area contributed by atoms with Gasteiger partial charge in [-0.1, -0.05) is 266 Å². The second-order valence-electron chi connectivity index (χ2n) is 19.1. The molecule has 0 amide bonds. The number of rotatable bonds is 15. The minimum Gasteiger partial charge on any atom is -1.00 e. The fourth-order valence-corrected chi connectivity index (χ4v) is 11.6. The van der Waals surface area contributed by atoms with Crippen molar-refractivity contribution in [3.63, 3.8) is 0 Å². The van der Waals surface area contributed by atoms with E-state index >= 15 is 0 Å². The molecule has 8 aromatic carbocycles. The number of carboxylic acids is 1. The van der Waals surface area contributed by atoms with Crippen LogP contribution in [0.4, 0.5) is 0 Å². The van der Waals surface area contributed by atoms with Crippen molar-refractivity contribution in [3.05, 3.63) is 287 Å². The van der Waals surface area contributed by atoms with Gasteiger partial charge in [-0.25, -0.2) is 0 Å². The third-order valence-corrected chi connectivity index (χ3v) is 15.1. The predicted molar refractivity (Wildman–Crippen MR) is 309 cm³/mol. The number of aliphatic hydroxyl groups excluding tert-OH is 2. The van der Waals surface area contributed by atoms with Gasteiger partial charge in [0.05, 0.1) is 33.9 Å². The highest BCUT2D eigenvalue weighted by atomic mass is 79.9. The summed E-state index contributed by atoms with van der Waals surface area (Å²) in [5.74, 6) is -0.954. The monoisotopic (exact) mass is 1160 g/mol. The Morgan fingerprint density at radius 2 is 0.896 bits per heavy atom. The first-order valence-electron chi connectivity index (χ1n) is 25.7. The summed E-state index contributed by atoms with van der Waals surface area (Å²) in [6.45, 7) is 1.34. The van der Waals surface area contributed by atoms with Crippen molar-refractivity contribution >= 4 is 27.9 Å². The van der Waals surface area contributed by atoms with Crippen molar-refractivity contribution in [1.82, 2.24) is 0 Å². The topological polar surface area (TPSA) is 118 Å². The first-order chi connectivity index (χ1) is 36.6. The van der Waals surface area contributed by atoms with E-state index in [-0.39, 0.29) is 55.2 Å². The largest absolute Gasteiger partial charge is 1.00 e. The van der Waals surface area contributed by atoms with Gasteiger partial charge in [-0.15, -0.1) is 0 Å². The van der Waals surface area contributed by atoms with Gasteiger partial charge in [0, 0.05) is 23.8 Å². The zero-order chi connectivity index (χ0) is 53.0. The third kappa shape index (κ3) is 13.6. The Bertz CT molecular complexity index is 2760. The van der Waals surface area contributed by atoms with E-state index in [0.29, 0.717) is 31.2 Å². The number of aliphatic carboxylic acids is 1. The lowest BCUT2D eigenvalue weighted by Crippen LogP contribution is -3.12. The summed E-state index contributed by atoms with van der Waals surface area (Å²) in [6.07, 6.45) is 2.93. The van der Waals surface area contributed by atoms with Crippen LogP contribution in [0.15, 0.2) is 243 Å². The number of aliphatic hydroxyl groups is 2. The number of hydrogen-bond acceptors (Lipinski definition) is 6. The van der Waals surface area contributed by atoms with Crippen LogP contribution in [-0.4, -0.2) is 79.3 Å². The number of nitrogens with one attached hydrogen (secondary N) is 1. The molecule has 1 atom stereocenters. The normalized spacial score (nSPS) is 15.0. The first-order valence-corrected chi connectivity index (χ1v) is 26.8. The van der Waals surface area contributed by atoms with E-state index in [2.05, 4.69) is 90.7 Å². The van der Waals surface area contributed by atoms with Gasteiger partial charge in [-0.2, -0.15) is 0 Å². The quantitative estimate of drug-likeness (QED) is 0.0601. The molecule has 10 rings (SSSR count). The number of likely N-dealkylation sites (N-methyl/N-ethyl adjacent to an activating group) is 1. The van der Waals surface area contributed by atoms with E-state index in [4.69, 9.17) is 9.47 Å². The van der Waals surface area contributed by atoms with Gasteiger partial charge in [-0.3, -0.25) is 9.59 Å². The molecule has 0 aliphatic carbocycles. The van der Waals surface area contributed by atoms with Crippen LogP contribution >= 0.6 is 15.9 Å². The lowest BCUT2D eigenvalue weighted by atomic mass is 9.71. The Morgan fingerprint density at radius 1 is 0.545 bits per heavy atom. The number of halogens is 2. The fraction of sp³-hybridized carbons (Fsp3) is 0.254. The smallest absolute Gasteiger partial charge is 0.321 e. The second kappa shape index (κ2) is 29.9. The molecule has 0 bridgehead atoms. The average Bonchev–Trinajstić information content (AvgIpc) is 4.14. The minimum atomic E-state index is -0.994. The third-order valence-electron chi connectivity index (χ3n) is 14.8. The number of hydrogen-bond donors (Lipinski definition) is 4. The molecule has 0 radical (unpaired) electrons. The highest BCUT2D eigenvalue weighted by molar-refractivity contribution is 9.09.